The van der Waals surface area contributed by atoms with E-state index >= 15 is 8.78 Å². The second kappa shape index (κ2) is 14.8. The third-order valence-electron chi connectivity index (χ3n) is 9.95. The van der Waals surface area contributed by atoms with Crippen molar-refractivity contribution in [2.45, 2.75) is 70.0 Å². The van der Waals surface area contributed by atoms with E-state index < -0.39 is 23.5 Å². The number of fused-ring (bicyclic) bond motifs is 3. The van der Waals surface area contributed by atoms with Crippen molar-refractivity contribution < 1.29 is 27.9 Å². The van der Waals surface area contributed by atoms with Gasteiger partial charge < -0.3 is 20.7 Å². The van der Waals surface area contributed by atoms with Crippen molar-refractivity contribution in [2.24, 2.45) is 0 Å². The number of thiophene rings is 1. The topological polar surface area (TPSA) is 99.8 Å². The molecule has 8 nitrogen and oxygen atoms in total. The second-order valence-corrected chi connectivity index (χ2v) is 14.6. The highest BCUT2D eigenvalue weighted by Crippen LogP contribution is 2.39. The molecule has 260 valence electrons. The van der Waals surface area contributed by atoms with Gasteiger partial charge in [-0.2, -0.15) is 0 Å². The lowest BCUT2D eigenvalue weighted by Gasteiger charge is -2.32. The zero-order valence-electron chi connectivity index (χ0n) is 28.0. The number of halogens is 2. The molecule has 3 N–H and O–H groups in total. The molecule has 50 heavy (non-hydrogen) atoms. The van der Waals surface area contributed by atoms with Gasteiger partial charge in [-0.3, -0.25) is 14.5 Å². The van der Waals surface area contributed by atoms with Crippen LogP contribution < -0.4 is 16.0 Å². The first-order valence-corrected chi connectivity index (χ1v) is 18.1. The number of hydrogen-bond acceptors (Lipinski definition) is 7. The van der Waals surface area contributed by atoms with Gasteiger partial charge in [0.15, 0.2) is 0 Å². The first kappa shape index (κ1) is 34.0. The summed E-state index contributed by atoms with van der Waals surface area (Å²) in [5, 5.41) is 9.80. The van der Waals surface area contributed by atoms with Gasteiger partial charge in [-0.15, -0.1) is 11.3 Å². The normalized spacial score (nSPS) is 18.4. The molecular weight excluding hydrogens is 659 g/mol. The summed E-state index contributed by atoms with van der Waals surface area (Å²) < 4.78 is 35.2. The Morgan fingerprint density at radius 1 is 0.860 bits per heavy atom. The van der Waals surface area contributed by atoms with Gasteiger partial charge in [0, 0.05) is 53.4 Å². The number of benzene rings is 3. The Morgan fingerprint density at radius 3 is 2.30 bits per heavy atom. The van der Waals surface area contributed by atoms with Gasteiger partial charge in [0.2, 0.25) is 0 Å². The van der Waals surface area contributed by atoms with Crippen molar-refractivity contribution in [2.75, 3.05) is 30.8 Å². The van der Waals surface area contributed by atoms with Crippen LogP contribution in [0.3, 0.4) is 0 Å². The average molecular weight is 699 g/mol. The number of nitrogens with one attached hydrogen (secondary N) is 3. The predicted octanol–water partition coefficient (Wildman–Crippen LogP) is 6.92. The number of nitrogens with zero attached hydrogens (tertiary/aromatic N) is 1. The quantitative estimate of drug-likeness (QED) is 0.156. The highest BCUT2D eigenvalue weighted by molar-refractivity contribution is 7.17. The van der Waals surface area contributed by atoms with E-state index in [4.69, 9.17) is 4.74 Å². The van der Waals surface area contributed by atoms with Crippen LogP contribution >= 0.6 is 11.3 Å². The minimum atomic E-state index is -0.763. The Morgan fingerprint density at radius 2 is 1.58 bits per heavy atom. The molecule has 3 aromatic carbocycles. The second-order valence-electron chi connectivity index (χ2n) is 13.5. The SMILES string of the molecule is COC(=O)c1ccc(CCc2c(F)cc(NC(=O)c3c(NC(=O)c4cccc(CN5C[C@H]6CC[C@@H](C5)N6)c4)sc4c3CCCC4)cc2F)cc1. The third kappa shape index (κ3) is 7.50. The standard InChI is InChI=1S/C39H40F2N4O4S/c1-49-39(48)25-12-9-23(10-13-25)11-16-30-32(40)18-29(19-33(30)41)43-37(47)35-31-7-2-3-8-34(31)50-38(35)44-36(46)26-6-4-5-24(17-26)20-45-21-27-14-15-28(22-45)42-27/h4-6,9-10,12-13,17-19,27-28,42H,2-3,7-8,11,14-16,20-22H2,1H3,(H,43,47)(H,44,46)/t27-,28+. The summed E-state index contributed by atoms with van der Waals surface area (Å²) >= 11 is 1.40. The number of esters is 1. The van der Waals surface area contributed by atoms with Crippen molar-refractivity contribution in [1.29, 1.82) is 0 Å². The molecule has 2 fully saturated rings. The first-order chi connectivity index (χ1) is 24.2. The summed E-state index contributed by atoms with van der Waals surface area (Å²) in [7, 11) is 1.30. The van der Waals surface area contributed by atoms with Crippen LogP contribution in [0.4, 0.5) is 19.5 Å². The number of carbonyl (C=O) groups excluding carboxylic acids is 3. The van der Waals surface area contributed by atoms with Gasteiger partial charge in [-0.1, -0.05) is 24.3 Å². The number of likely N-dealkylation sites (tertiary alicyclic amines) is 1. The van der Waals surface area contributed by atoms with Crippen molar-refractivity contribution in [3.8, 4) is 0 Å². The van der Waals surface area contributed by atoms with Crippen LogP contribution in [0.25, 0.3) is 0 Å². The van der Waals surface area contributed by atoms with Crippen molar-refractivity contribution in [1.82, 2.24) is 10.2 Å². The number of aryl methyl sites for hydroxylation is 2. The summed E-state index contributed by atoms with van der Waals surface area (Å²) in [6, 6.07) is 17.6. The van der Waals surface area contributed by atoms with Gasteiger partial charge in [-0.25, -0.2) is 13.6 Å². The highest BCUT2D eigenvalue weighted by atomic mass is 32.1. The Hall–Kier alpha value is -4.45. The van der Waals surface area contributed by atoms with Crippen LogP contribution in [0.15, 0.2) is 60.7 Å². The van der Waals surface area contributed by atoms with Crippen molar-refractivity contribution in [3.63, 3.8) is 0 Å². The number of piperazine rings is 1. The fourth-order valence-corrected chi connectivity index (χ4v) is 8.74. The van der Waals surface area contributed by atoms with E-state index in [1.54, 1.807) is 30.3 Å². The molecule has 2 aliphatic heterocycles. The molecule has 2 saturated heterocycles. The van der Waals surface area contributed by atoms with Crippen LogP contribution in [-0.2, 0) is 37.0 Å². The van der Waals surface area contributed by atoms with Crippen LogP contribution in [0.5, 0.6) is 0 Å². The Kier molecular flexibility index (Phi) is 10.1. The van der Waals surface area contributed by atoms with E-state index in [9.17, 15) is 14.4 Å². The molecule has 11 heteroatoms. The van der Waals surface area contributed by atoms with Crippen LogP contribution in [0.1, 0.15) is 83.9 Å². The molecule has 3 heterocycles. The maximum absolute atomic E-state index is 15.2. The zero-order chi connectivity index (χ0) is 34.8. The zero-order valence-corrected chi connectivity index (χ0v) is 28.8. The van der Waals surface area contributed by atoms with Crippen LogP contribution in [0.2, 0.25) is 0 Å². The van der Waals surface area contributed by atoms with E-state index in [2.05, 4.69) is 20.9 Å². The molecule has 1 aromatic heterocycles. The fraction of sp³-hybridized carbons (Fsp3) is 0.359. The number of hydrogen-bond donors (Lipinski definition) is 3. The Balaban J connectivity index is 1.04. The number of amides is 2. The number of carbonyl (C=O) groups is 3. The summed E-state index contributed by atoms with van der Waals surface area (Å²) in [6.07, 6.45) is 6.26. The number of anilines is 2. The lowest BCUT2D eigenvalue weighted by atomic mass is 9.95. The number of rotatable bonds is 10. The largest absolute Gasteiger partial charge is 0.465 e. The molecule has 2 bridgehead atoms. The molecule has 0 spiro atoms. The fourth-order valence-electron chi connectivity index (χ4n) is 7.46. The van der Waals surface area contributed by atoms with Crippen LogP contribution in [-0.4, -0.2) is 55.0 Å². The van der Waals surface area contributed by atoms with Gasteiger partial charge in [0.1, 0.15) is 16.6 Å². The molecular formula is C39H40F2N4O4S. The summed E-state index contributed by atoms with van der Waals surface area (Å²) in [5.41, 5.74) is 3.92. The molecule has 2 atom stereocenters. The van der Waals surface area contributed by atoms with Crippen molar-refractivity contribution >= 4 is 39.8 Å². The van der Waals surface area contributed by atoms with E-state index in [-0.39, 0.29) is 23.6 Å². The maximum atomic E-state index is 15.2. The van der Waals surface area contributed by atoms with Gasteiger partial charge >= 0.3 is 5.97 Å². The summed E-state index contributed by atoms with van der Waals surface area (Å²) in [4.78, 5) is 42.6. The number of ether oxygens (including phenoxy) is 1. The van der Waals surface area contributed by atoms with Gasteiger partial charge in [-0.05, 0) is 104 Å². The minimum Gasteiger partial charge on any atom is -0.465 e. The lowest BCUT2D eigenvalue weighted by molar-refractivity contribution is 0.0600. The molecule has 0 unspecified atom stereocenters. The molecule has 0 saturated carbocycles. The van der Waals surface area contributed by atoms with E-state index in [0.29, 0.717) is 46.6 Å². The average Bonchev–Trinajstić information content (AvgIpc) is 3.65. The number of methoxy groups -OCH3 is 1. The van der Waals surface area contributed by atoms with Gasteiger partial charge in [0.05, 0.1) is 18.2 Å². The van der Waals surface area contributed by atoms with Crippen molar-refractivity contribution in [3.05, 3.63) is 116 Å². The smallest absolute Gasteiger partial charge is 0.337 e. The maximum Gasteiger partial charge on any atom is 0.337 e. The van der Waals surface area contributed by atoms with E-state index in [0.717, 1.165) is 72.6 Å². The summed E-state index contributed by atoms with van der Waals surface area (Å²) in [5.74, 6) is -2.80. The third-order valence-corrected chi connectivity index (χ3v) is 11.2. The molecule has 2 amide bonds. The monoisotopic (exact) mass is 698 g/mol. The van der Waals surface area contributed by atoms with Crippen LogP contribution in [0, 0.1) is 11.6 Å². The predicted molar refractivity (Wildman–Crippen MR) is 190 cm³/mol. The van der Waals surface area contributed by atoms with E-state index in [1.807, 2.05) is 18.2 Å². The Bertz CT molecular complexity index is 1890. The minimum absolute atomic E-state index is 0.00160. The first-order valence-electron chi connectivity index (χ1n) is 17.2. The van der Waals surface area contributed by atoms with Gasteiger partial charge in [0.25, 0.3) is 11.8 Å². The molecule has 3 aliphatic rings. The molecule has 1 aliphatic carbocycles. The lowest BCUT2D eigenvalue weighted by Crippen LogP contribution is -2.50. The molecule has 0 radical (unpaired) electrons. The molecule has 4 aromatic rings. The summed E-state index contributed by atoms with van der Waals surface area (Å²) in [6.45, 7) is 2.76. The van der Waals surface area contributed by atoms with E-state index in [1.165, 1.54) is 31.3 Å². The molecule has 7 rings (SSSR count). The Labute approximate surface area is 294 Å². The highest BCUT2D eigenvalue weighted by Gasteiger charge is 2.32.